The van der Waals surface area contributed by atoms with Crippen LogP contribution in [0.5, 0.6) is 0 Å². The predicted molar refractivity (Wildman–Crippen MR) is 59.3 cm³/mol. The van der Waals surface area contributed by atoms with Crippen LogP contribution >= 0.6 is 0 Å². The summed E-state index contributed by atoms with van der Waals surface area (Å²) >= 11 is 0. The van der Waals surface area contributed by atoms with E-state index in [1.165, 1.54) is 6.42 Å². The van der Waals surface area contributed by atoms with Crippen LogP contribution in [0.25, 0.3) is 0 Å². The van der Waals surface area contributed by atoms with Gasteiger partial charge in [-0.15, -0.1) is 0 Å². The molecule has 0 bridgehead atoms. The van der Waals surface area contributed by atoms with Crippen LogP contribution in [0.1, 0.15) is 26.7 Å². The van der Waals surface area contributed by atoms with E-state index < -0.39 is 0 Å². The molecule has 3 nitrogen and oxygen atoms in total. The van der Waals surface area contributed by atoms with Gasteiger partial charge in [-0.05, 0) is 31.2 Å². The van der Waals surface area contributed by atoms with Gasteiger partial charge >= 0.3 is 0 Å². The molecule has 0 spiro atoms. The maximum atomic E-state index is 5.68. The molecular formula is C11H25NO2. The van der Waals surface area contributed by atoms with Gasteiger partial charge in [0.05, 0.1) is 13.2 Å². The molecule has 3 heteroatoms. The lowest BCUT2D eigenvalue weighted by atomic mass is 9.95. The fraction of sp³-hybridized carbons (Fsp3) is 1.00. The van der Waals surface area contributed by atoms with Crippen LogP contribution in [0, 0.1) is 11.8 Å². The third-order valence-electron chi connectivity index (χ3n) is 2.24. The number of methoxy groups -OCH3 is 1. The van der Waals surface area contributed by atoms with Gasteiger partial charge in [0.1, 0.15) is 0 Å². The fourth-order valence-corrected chi connectivity index (χ4v) is 1.49. The van der Waals surface area contributed by atoms with Gasteiger partial charge in [0.25, 0.3) is 0 Å². The minimum absolute atomic E-state index is 0.609. The molecule has 0 radical (unpaired) electrons. The van der Waals surface area contributed by atoms with Crippen LogP contribution in [-0.4, -0.2) is 33.5 Å². The summed E-state index contributed by atoms with van der Waals surface area (Å²) in [6.45, 7) is 7.40. The molecule has 0 fully saturated rings. The van der Waals surface area contributed by atoms with Crippen molar-refractivity contribution in [2.75, 3.05) is 33.5 Å². The number of ether oxygens (including phenoxy) is 2. The Kier molecular flexibility index (Phi) is 9.35. The second-order valence-corrected chi connectivity index (χ2v) is 4.13. The van der Waals surface area contributed by atoms with Crippen molar-refractivity contribution in [1.82, 2.24) is 0 Å². The van der Waals surface area contributed by atoms with Crippen molar-refractivity contribution < 1.29 is 9.47 Å². The summed E-state index contributed by atoms with van der Waals surface area (Å²) in [5.74, 6) is 1.33. The van der Waals surface area contributed by atoms with E-state index >= 15 is 0 Å². The Balaban J connectivity index is 3.33. The Morgan fingerprint density at radius 1 is 1.14 bits per heavy atom. The van der Waals surface area contributed by atoms with Crippen LogP contribution in [0.3, 0.4) is 0 Å². The molecule has 0 aliphatic rings. The summed E-state index contributed by atoms with van der Waals surface area (Å²) < 4.78 is 10.3. The highest BCUT2D eigenvalue weighted by molar-refractivity contribution is 4.61. The number of hydrogen-bond acceptors (Lipinski definition) is 3. The smallest absolute Gasteiger partial charge is 0.0700 e. The topological polar surface area (TPSA) is 44.5 Å². The summed E-state index contributed by atoms with van der Waals surface area (Å²) in [5, 5.41) is 0. The van der Waals surface area contributed by atoms with Crippen molar-refractivity contribution in [3.63, 3.8) is 0 Å². The zero-order valence-electron chi connectivity index (χ0n) is 9.79. The van der Waals surface area contributed by atoms with E-state index in [4.69, 9.17) is 15.2 Å². The van der Waals surface area contributed by atoms with Crippen molar-refractivity contribution in [3.05, 3.63) is 0 Å². The first-order chi connectivity index (χ1) is 6.70. The van der Waals surface area contributed by atoms with Gasteiger partial charge < -0.3 is 15.2 Å². The van der Waals surface area contributed by atoms with Crippen molar-refractivity contribution in [1.29, 1.82) is 0 Å². The quantitative estimate of drug-likeness (QED) is 0.580. The minimum Gasteiger partial charge on any atom is -0.382 e. The average Bonchev–Trinajstić information content (AvgIpc) is 2.15. The Morgan fingerprint density at radius 2 is 1.86 bits per heavy atom. The Bertz CT molecular complexity index is 118. The summed E-state index contributed by atoms with van der Waals surface area (Å²) in [4.78, 5) is 0. The summed E-state index contributed by atoms with van der Waals surface area (Å²) in [5.41, 5.74) is 5.68. The Morgan fingerprint density at radius 3 is 2.36 bits per heavy atom. The van der Waals surface area contributed by atoms with Gasteiger partial charge in [-0.3, -0.25) is 0 Å². The zero-order chi connectivity index (χ0) is 10.8. The Labute approximate surface area is 88.0 Å². The SMILES string of the molecule is COCCOCCC(CN)CC(C)C. The molecule has 0 aliphatic heterocycles. The van der Waals surface area contributed by atoms with Crippen molar-refractivity contribution in [2.45, 2.75) is 26.7 Å². The maximum absolute atomic E-state index is 5.68. The molecule has 1 unspecified atom stereocenters. The van der Waals surface area contributed by atoms with Crippen molar-refractivity contribution in [2.24, 2.45) is 17.6 Å². The molecule has 0 heterocycles. The lowest BCUT2D eigenvalue weighted by Gasteiger charge is -2.16. The van der Waals surface area contributed by atoms with Gasteiger partial charge in [0.15, 0.2) is 0 Å². The molecule has 1 atom stereocenters. The highest BCUT2D eigenvalue weighted by Gasteiger charge is 2.08. The molecule has 0 aromatic carbocycles. The lowest BCUT2D eigenvalue weighted by molar-refractivity contribution is 0.0629. The minimum atomic E-state index is 0.609. The van der Waals surface area contributed by atoms with Gasteiger partial charge in [-0.25, -0.2) is 0 Å². The second-order valence-electron chi connectivity index (χ2n) is 4.13. The second kappa shape index (κ2) is 9.44. The van der Waals surface area contributed by atoms with Gasteiger partial charge in [-0.1, -0.05) is 13.8 Å². The first-order valence-corrected chi connectivity index (χ1v) is 5.47. The number of hydrogen-bond donors (Lipinski definition) is 1. The molecule has 2 N–H and O–H groups in total. The number of rotatable bonds is 9. The van der Waals surface area contributed by atoms with E-state index in [-0.39, 0.29) is 0 Å². The predicted octanol–water partition coefficient (Wildman–Crippen LogP) is 1.66. The van der Waals surface area contributed by atoms with E-state index in [2.05, 4.69) is 13.8 Å². The van der Waals surface area contributed by atoms with Crippen molar-refractivity contribution >= 4 is 0 Å². The van der Waals surface area contributed by atoms with Gasteiger partial charge in [0.2, 0.25) is 0 Å². The van der Waals surface area contributed by atoms with Crippen LogP contribution < -0.4 is 5.73 Å². The number of nitrogens with two attached hydrogens (primary N) is 1. The van der Waals surface area contributed by atoms with E-state index in [1.54, 1.807) is 7.11 Å². The monoisotopic (exact) mass is 203 g/mol. The molecule has 0 amide bonds. The van der Waals surface area contributed by atoms with Gasteiger partial charge in [0, 0.05) is 13.7 Å². The fourth-order valence-electron chi connectivity index (χ4n) is 1.49. The molecule has 0 saturated carbocycles. The molecule has 0 aromatic rings. The third-order valence-corrected chi connectivity index (χ3v) is 2.24. The normalized spacial score (nSPS) is 13.5. The lowest BCUT2D eigenvalue weighted by Crippen LogP contribution is -2.18. The molecule has 0 rings (SSSR count). The van der Waals surface area contributed by atoms with Gasteiger partial charge in [-0.2, -0.15) is 0 Å². The zero-order valence-corrected chi connectivity index (χ0v) is 9.79. The van der Waals surface area contributed by atoms with Crippen LogP contribution in [-0.2, 0) is 9.47 Å². The molecule has 0 saturated heterocycles. The van der Waals surface area contributed by atoms with Crippen LogP contribution in [0.15, 0.2) is 0 Å². The van der Waals surface area contributed by atoms with E-state index in [0.29, 0.717) is 19.1 Å². The molecule has 0 aliphatic carbocycles. The molecule has 14 heavy (non-hydrogen) atoms. The maximum Gasteiger partial charge on any atom is 0.0700 e. The standard InChI is InChI=1S/C11H25NO2/c1-10(2)8-11(9-12)4-5-14-7-6-13-3/h10-11H,4-9,12H2,1-3H3. The first-order valence-electron chi connectivity index (χ1n) is 5.47. The molecular weight excluding hydrogens is 178 g/mol. The summed E-state index contributed by atoms with van der Waals surface area (Å²) in [6.07, 6.45) is 2.27. The summed E-state index contributed by atoms with van der Waals surface area (Å²) in [7, 11) is 1.69. The molecule has 0 aromatic heterocycles. The van der Waals surface area contributed by atoms with E-state index in [1.807, 2.05) is 0 Å². The highest BCUT2D eigenvalue weighted by Crippen LogP contribution is 2.13. The summed E-state index contributed by atoms with van der Waals surface area (Å²) in [6, 6.07) is 0. The van der Waals surface area contributed by atoms with Crippen LogP contribution in [0.4, 0.5) is 0 Å². The highest BCUT2D eigenvalue weighted by atomic mass is 16.5. The van der Waals surface area contributed by atoms with Crippen LogP contribution in [0.2, 0.25) is 0 Å². The van der Waals surface area contributed by atoms with E-state index in [9.17, 15) is 0 Å². The average molecular weight is 203 g/mol. The third kappa shape index (κ3) is 8.48. The first kappa shape index (κ1) is 13.9. The molecule has 86 valence electrons. The Hall–Kier alpha value is -0.120. The van der Waals surface area contributed by atoms with Crippen molar-refractivity contribution in [3.8, 4) is 0 Å². The van der Waals surface area contributed by atoms with E-state index in [0.717, 1.165) is 25.5 Å². The largest absolute Gasteiger partial charge is 0.382 e.